The maximum absolute atomic E-state index is 12.5. The molecule has 7 heteroatoms. The molecule has 1 atom stereocenters. The third-order valence-corrected chi connectivity index (χ3v) is 6.47. The van der Waals surface area contributed by atoms with Crippen molar-refractivity contribution in [2.75, 3.05) is 18.8 Å². The number of likely N-dealkylation sites (tertiary alicyclic amines) is 1. The zero-order valence-electron chi connectivity index (χ0n) is 21.4. The van der Waals surface area contributed by atoms with Crippen molar-refractivity contribution in [2.24, 2.45) is 5.92 Å². The van der Waals surface area contributed by atoms with Crippen molar-refractivity contribution in [2.45, 2.75) is 72.1 Å². The molecule has 2 heterocycles. The van der Waals surface area contributed by atoms with Crippen LogP contribution in [0, 0.1) is 12.8 Å². The summed E-state index contributed by atoms with van der Waals surface area (Å²) in [5.74, 6) is 2.19. The Labute approximate surface area is 208 Å². The van der Waals surface area contributed by atoms with Gasteiger partial charge in [0.2, 0.25) is 0 Å². The quantitative estimate of drug-likeness (QED) is 0.425. The van der Waals surface area contributed by atoms with Crippen molar-refractivity contribution in [3.63, 3.8) is 0 Å². The molecule has 1 saturated heterocycles. The number of benzene rings is 2. The number of anilines is 1. The number of nitrogens with zero attached hydrogens (tertiary/aromatic N) is 3. The van der Waals surface area contributed by atoms with Crippen molar-refractivity contribution in [3.05, 3.63) is 53.9 Å². The van der Waals surface area contributed by atoms with Crippen LogP contribution in [0.4, 0.5) is 10.5 Å². The van der Waals surface area contributed by atoms with Crippen molar-refractivity contribution < 1.29 is 14.3 Å². The van der Waals surface area contributed by atoms with Gasteiger partial charge in [0.15, 0.2) is 0 Å². The van der Waals surface area contributed by atoms with Crippen molar-refractivity contribution in [3.8, 4) is 5.75 Å². The summed E-state index contributed by atoms with van der Waals surface area (Å²) < 4.78 is 13.9. The summed E-state index contributed by atoms with van der Waals surface area (Å²) in [4.78, 5) is 19.3. The number of nitrogens with two attached hydrogens (primary N) is 1. The van der Waals surface area contributed by atoms with E-state index in [0.717, 1.165) is 73.5 Å². The Balaban J connectivity index is 1.41. The molecule has 1 fully saturated rings. The van der Waals surface area contributed by atoms with Gasteiger partial charge in [-0.2, -0.15) is 0 Å². The number of hydrogen-bond donors (Lipinski definition) is 1. The van der Waals surface area contributed by atoms with Crippen LogP contribution in [0.5, 0.6) is 5.75 Å². The first kappa shape index (κ1) is 24.9. The van der Waals surface area contributed by atoms with Gasteiger partial charge in [0.25, 0.3) is 0 Å². The van der Waals surface area contributed by atoms with Crippen molar-refractivity contribution >= 4 is 22.8 Å². The van der Waals surface area contributed by atoms with E-state index in [1.807, 2.05) is 49.9 Å². The van der Waals surface area contributed by atoms with Crippen LogP contribution >= 0.6 is 0 Å². The topological polar surface area (TPSA) is 82.6 Å². The minimum atomic E-state index is -0.463. The Morgan fingerprint density at radius 3 is 2.69 bits per heavy atom. The zero-order chi connectivity index (χ0) is 25.0. The summed E-state index contributed by atoms with van der Waals surface area (Å²) >= 11 is 0. The molecule has 2 aromatic carbocycles. The maximum Gasteiger partial charge on any atom is 0.410 e. The Hall–Kier alpha value is -3.22. The molecule has 0 aliphatic carbocycles. The molecular formula is C28H38N4O3. The fourth-order valence-corrected chi connectivity index (χ4v) is 4.74. The third kappa shape index (κ3) is 6.47. The number of nitrogen functional groups attached to an aromatic ring is 1. The Morgan fingerprint density at radius 2 is 1.94 bits per heavy atom. The molecule has 0 spiro atoms. The third-order valence-electron chi connectivity index (χ3n) is 6.47. The molecule has 1 aliphatic rings. The van der Waals surface area contributed by atoms with Gasteiger partial charge >= 0.3 is 6.09 Å². The molecular weight excluding hydrogens is 440 g/mol. The highest BCUT2D eigenvalue weighted by molar-refractivity contribution is 5.79. The summed E-state index contributed by atoms with van der Waals surface area (Å²) in [5, 5.41) is 0. The van der Waals surface area contributed by atoms with Gasteiger partial charge in [0.1, 0.15) is 23.8 Å². The van der Waals surface area contributed by atoms with Gasteiger partial charge in [-0.05, 0) is 95.2 Å². The standard InChI is InChI=1S/C28H38N4O3/c1-20-8-5-11-24-26(20)30-25(19-34-23-14-12-22(29)13-15-23)32(24)17-7-10-21-9-6-16-31(18-21)27(33)35-28(2,3)4/h5,8,11-15,21H,6-7,9-10,16-19,29H2,1-4H3. The number of piperidine rings is 1. The van der Waals surface area contributed by atoms with Gasteiger partial charge in [-0.1, -0.05) is 12.1 Å². The van der Waals surface area contributed by atoms with E-state index in [0.29, 0.717) is 18.2 Å². The zero-order valence-corrected chi connectivity index (χ0v) is 21.4. The normalized spacial score (nSPS) is 16.5. The van der Waals surface area contributed by atoms with Crippen LogP contribution in [-0.4, -0.2) is 39.2 Å². The van der Waals surface area contributed by atoms with Gasteiger partial charge in [-0.25, -0.2) is 9.78 Å². The van der Waals surface area contributed by atoms with Crippen molar-refractivity contribution in [1.82, 2.24) is 14.5 Å². The highest BCUT2D eigenvalue weighted by Gasteiger charge is 2.27. The van der Waals surface area contributed by atoms with E-state index in [9.17, 15) is 4.79 Å². The number of rotatable bonds is 7. The molecule has 0 saturated carbocycles. The van der Waals surface area contributed by atoms with Gasteiger partial charge in [-0.3, -0.25) is 0 Å². The number of carbonyl (C=O) groups is 1. The van der Waals surface area contributed by atoms with Crippen LogP contribution in [0.1, 0.15) is 57.8 Å². The van der Waals surface area contributed by atoms with E-state index in [1.54, 1.807) is 0 Å². The highest BCUT2D eigenvalue weighted by atomic mass is 16.6. The molecule has 188 valence electrons. The van der Waals surface area contributed by atoms with Gasteiger partial charge < -0.3 is 24.7 Å². The first-order valence-corrected chi connectivity index (χ1v) is 12.6. The second-order valence-electron chi connectivity index (χ2n) is 10.6. The van der Waals surface area contributed by atoms with Gasteiger partial charge in [0.05, 0.1) is 11.0 Å². The van der Waals surface area contributed by atoms with Crippen LogP contribution in [0.25, 0.3) is 11.0 Å². The average Bonchev–Trinajstić information content (AvgIpc) is 3.17. The molecule has 2 N–H and O–H groups in total. The summed E-state index contributed by atoms with van der Waals surface area (Å²) in [6.07, 6.45) is 4.05. The van der Waals surface area contributed by atoms with E-state index >= 15 is 0 Å². The van der Waals surface area contributed by atoms with E-state index in [-0.39, 0.29) is 6.09 Å². The lowest BCUT2D eigenvalue weighted by Gasteiger charge is -2.34. The molecule has 3 aromatic rings. The number of amides is 1. The predicted octanol–water partition coefficient (Wildman–Crippen LogP) is 5.93. The number of carbonyl (C=O) groups excluding carboxylic acids is 1. The fourth-order valence-electron chi connectivity index (χ4n) is 4.74. The largest absolute Gasteiger partial charge is 0.486 e. The van der Waals surface area contributed by atoms with Crippen molar-refractivity contribution in [1.29, 1.82) is 0 Å². The molecule has 7 nitrogen and oxygen atoms in total. The summed E-state index contributed by atoms with van der Waals surface area (Å²) in [6, 6.07) is 13.8. The SMILES string of the molecule is Cc1cccc2c1nc(COc1ccc(N)cc1)n2CCCC1CCCN(C(=O)OC(C)(C)C)C1. The number of fused-ring (bicyclic) bond motifs is 1. The fraction of sp³-hybridized carbons (Fsp3) is 0.500. The summed E-state index contributed by atoms with van der Waals surface area (Å²) in [5.41, 5.74) is 9.37. The maximum atomic E-state index is 12.5. The van der Waals surface area contributed by atoms with E-state index in [2.05, 4.69) is 29.7 Å². The van der Waals surface area contributed by atoms with Crippen LogP contribution in [-0.2, 0) is 17.9 Å². The van der Waals surface area contributed by atoms with Gasteiger partial charge in [0, 0.05) is 25.3 Å². The van der Waals surface area contributed by atoms with Crippen LogP contribution in [0.2, 0.25) is 0 Å². The minimum Gasteiger partial charge on any atom is -0.486 e. The van der Waals surface area contributed by atoms with Crippen LogP contribution in [0.15, 0.2) is 42.5 Å². The second kappa shape index (κ2) is 10.6. The first-order valence-electron chi connectivity index (χ1n) is 12.6. The monoisotopic (exact) mass is 478 g/mol. The lowest BCUT2D eigenvalue weighted by atomic mass is 9.93. The Kier molecular flexibility index (Phi) is 7.53. The van der Waals surface area contributed by atoms with E-state index < -0.39 is 5.60 Å². The van der Waals surface area contributed by atoms with Gasteiger partial charge in [-0.15, -0.1) is 0 Å². The Morgan fingerprint density at radius 1 is 1.17 bits per heavy atom. The average molecular weight is 479 g/mol. The molecule has 35 heavy (non-hydrogen) atoms. The summed E-state index contributed by atoms with van der Waals surface area (Å²) in [6.45, 7) is 10.7. The molecule has 1 unspecified atom stereocenters. The number of para-hydroxylation sites is 1. The molecule has 0 radical (unpaired) electrons. The molecule has 1 amide bonds. The smallest absolute Gasteiger partial charge is 0.410 e. The lowest BCUT2D eigenvalue weighted by molar-refractivity contribution is 0.0160. The summed E-state index contributed by atoms with van der Waals surface area (Å²) in [7, 11) is 0. The lowest BCUT2D eigenvalue weighted by Crippen LogP contribution is -2.42. The van der Waals surface area contributed by atoms with Crippen LogP contribution < -0.4 is 10.5 Å². The molecule has 4 rings (SSSR count). The number of aryl methyl sites for hydroxylation is 2. The van der Waals surface area contributed by atoms with E-state index in [1.165, 1.54) is 0 Å². The number of imidazole rings is 1. The van der Waals surface area contributed by atoms with Crippen LogP contribution in [0.3, 0.4) is 0 Å². The molecule has 1 aromatic heterocycles. The highest BCUT2D eigenvalue weighted by Crippen LogP contribution is 2.26. The second-order valence-corrected chi connectivity index (χ2v) is 10.6. The van der Waals surface area contributed by atoms with E-state index in [4.69, 9.17) is 20.2 Å². The Bertz CT molecular complexity index is 1150. The molecule has 1 aliphatic heterocycles. The minimum absolute atomic E-state index is 0.194. The number of ether oxygens (including phenoxy) is 2. The predicted molar refractivity (Wildman–Crippen MR) is 139 cm³/mol. The first-order chi connectivity index (χ1) is 16.7. The molecule has 0 bridgehead atoms. The number of hydrogen-bond acceptors (Lipinski definition) is 5. The number of aromatic nitrogens is 2.